The maximum Gasteiger partial charge on any atom is 0.391 e. The Morgan fingerprint density at radius 1 is 1.50 bits per heavy atom. The zero-order valence-corrected chi connectivity index (χ0v) is 10.6. The predicted octanol–water partition coefficient (Wildman–Crippen LogP) is -0.0201. The summed E-state index contributed by atoms with van der Waals surface area (Å²) in [6.07, 6.45) is 7.73. The second-order valence-corrected chi connectivity index (χ2v) is 3.36. The number of rotatable bonds is 7. The monoisotopic (exact) mass is 254 g/mol. The first-order valence-corrected chi connectivity index (χ1v) is 5.73. The van der Waals surface area contributed by atoms with Crippen LogP contribution >= 0.6 is 0 Å². The highest BCUT2D eigenvalue weighted by Crippen LogP contribution is 1.91. The molecule has 0 aliphatic heterocycles. The van der Waals surface area contributed by atoms with Crippen LogP contribution in [-0.2, 0) is 14.4 Å². The molecule has 0 fully saturated rings. The van der Waals surface area contributed by atoms with Crippen LogP contribution < -0.4 is 5.90 Å². The van der Waals surface area contributed by atoms with Crippen LogP contribution in [-0.4, -0.2) is 30.4 Å². The first kappa shape index (κ1) is 16.4. The lowest BCUT2D eigenvalue weighted by molar-refractivity contribution is -0.657. The van der Waals surface area contributed by atoms with Crippen LogP contribution in [0.5, 0.6) is 0 Å². The first-order valence-electron chi connectivity index (χ1n) is 5.73. The van der Waals surface area contributed by atoms with E-state index in [1.807, 2.05) is 6.92 Å². The van der Waals surface area contributed by atoms with E-state index in [1.165, 1.54) is 0 Å². The quantitative estimate of drug-likeness (QED) is 0.289. The van der Waals surface area contributed by atoms with Gasteiger partial charge in [0.1, 0.15) is 0 Å². The van der Waals surface area contributed by atoms with E-state index in [0.29, 0.717) is 19.4 Å². The molecule has 4 N–H and O–H groups in total. The Kier molecular flexibility index (Phi) is 10.8. The number of hydrogen-bond acceptors (Lipinski definition) is 4. The number of carbonyl (C=O) groups is 1. The molecule has 18 heavy (non-hydrogen) atoms. The molecule has 100 valence electrons. The highest BCUT2D eigenvalue weighted by Gasteiger charge is 2.00. The Balaban J connectivity index is 3.58. The van der Waals surface area contributed by atoms with Gasteiger partial charge in [-0.2, -0.15) is 5.90 Å². The van der Waals surface area contributed by atoms with Crippen molar-refractivity contribution in [1.29, 1.82) is 0 Å². The summed E-state index contributed by atoms with van der Waals surface area (Å²) in [7, 11) is 0. The minimum atomic E-state index is -0.498. The van der Waals surface area contributed by atoms with Gasteiger partial charge >= 0.3 is 5.97 Å². The average molecular weight is 254 g/mol. The molecule has 1 atom stereocenters. The molecule has 0 saturated carbocycles. The molecular weight excluding hydrogens is 234 g/mol. The molecular formula is C13H20NO4+. The highest BCUT2D eigenvalue weighted by atomic mass is 16.7. The number of aliphatic hydroxyl groups excluding tert-OH is 1. The van der Waals surface area contributed by atoms with Gasteiger partial charge in [0.15, 0.2) is 6.61 Å². The van der Waals surface area contributed by atoms with E-state index in [-0.39, 0.29) is 6.61 Å². The van der Waals surface area contributed by atoms with Crippen LogP contribution in [0.1, 0.15) is 19.8 Å². The van der Waals surface area contributed by atoms with Crippen molar-refractivity contribution >= 4 is 5.97 Å². The standard InChI is InChI=1S/C13H20NO4/c1-2-12(15)9-7-5-3-4-6-8-10-17-11-13(16)18-14/h3,5,7,9,12,15H,2,8,10-11H2,1,14H3/q+1/b5-3+,9-7+/t12-/m1/s1. The van der Waals surface area contributed by atoms with Gasteiger partial charge < -0.3 is 9.84 Å². The highest BCUT2D eigenvalue weighted by molar-refractivity contribution is 5.69. The van der Waals surface area contributed by atoms with Gasteiger partial charge in [0.2, 0.25) is 0 Å². The molecule has 0 heterocycles. The number of hydrogen-bond donors (Lipinski definition) is 2. The zero-order chi connectivity index (χ0) is 13.6. The van der Waals surface area contributed by atoms with E-state index in [1.54, 1.807) is 24.3 Å². The summed E-state index contributed by atoms with van der Waals surface area (Å²) in [5.74, 6) is 8.13. The van der Waals surface area contributed by atoms with Crippen LogP contribution in [0.15, 0.2) is 24.3 Å². The predicted molar refractivity (Wildman–Crippen MR) is 66.8 cm³/mol. The maximum atomic E-state index is 10.6. The van der Waals surface area contributed by atoms with Gasteiger partial charge in [0.05, 0.1) is 12.7 Å². The molecule has 0 aromatic rings. The average Bonchev–Trinajstić information content (AvgIpc) is 2.40. The molecule has 0 aliphatic carbocycles. The van der Waals surface area contributed by atoms with Crippen LogP contribution in [0, 0.1) is 11.8 Å². The largest absolute Gasteiger partial charge is 0.391 e. The normalized spacial score (nSPS) is 12.4. The molecule has 0 bridgehead atoms. The summed E-state index contributed by atoms with van der Waals surface area (Å²) in [4.78, 5) is 14.8. The number of allylic oxidation sites excluding steroid dienone is 3. The molecule has 5 nitrogen and oxygen atoms in total. The molecule has 0 spiro atoms. The summed E-state index contributed by atoms with van der Waals surface area (Å²) in [5, 5.41) is 9.21. The van der Waals surface area contributed by atoms with Crippen molar-refractivity contribution in [1.82, 2.24) is 0 Å². The maximum absolute atomic E-state index is 10.6. The van der Waals surface area contributed by atoms with E-state index in [4.69, 9.17) is 4.74 Å². The van der Waals surface area contributed by atoms with Crippen LogP contribution in [0.2, 0.25) is 0 Å². The first-order chi connectivity index (χ1) is 8.70. The van der Waals surface area contributed by atoms with E-state index >= 15 is 0 Å². The minimum Gasteiger partial charge on any atom is -0.389 e. The van der Waals surface area contributed by atoms with Gasteiger partial charge in [0, 0.05) is 6.42 Å². The van der Waals surface area contributed by atoms with Crippen molar-refractivity contribution in [2.75, 3.05) is 13.2 Å². The third-order valence-corrected chi connectivity index (χ3v) is 1.90. The van der Waals surface area contributed by atoms with Gasteiger partial charge in [0.25, 0.3) is 0 Å². The fourth-order valence-corrected chi connectivity index (χ4v) is 0.884. The summed E-state index contributed by atoms with van der Waals surface area (Å²) in [6.45, 7) is 2.18. The van der Waals surface area contributed by atoms with Gasteiger partial charge in [-0.25, -0.2) is 4.79 Å². The fourth-order valence-electron chi connectivity index (χ4n) is 0.884. The van der Waals surface area contributed by atoms with Crippen molar-refractivity contribution in [2.24, 2.45) is 0 Å². The number of ether oxygens (including phenoxy) is 1. The Hall–Kier alpha value is -1.61. The van der Waals surface area contributed by atoms with Crippen molar-refractivity contribution in [2.45, 2.75) is 25.9 Å². The number of quaternary nitrogens is 1. The van der Waals surface area contributed by atoms with E-state index < -0.39 is 12.1 Å². The van der Waals surface area contributed by atoms with Crippen LogP contribution in [0.25, 0.3) is 0 Å². The third kappa shape index (κ3) is 10.9. The van der Waals surface area contributed by atoms with Crippen molar-refractivity contribution < 1.29 is 25.4 Å². The van der Waals surface area contributed by atoms with Crippen LogP contribution in [0.4, 0.5) is 0 Å². The molecule has 0 rings (SSSR count). The lowest BCUT2D eigenvalue weighted by Gasteiger charge is -1.96. The molecule has 0 aromatic carbocycles. The van der Waals surface area contributed by atoms with E-state index in [0.717, 1.165) is 0 Å². The Morgan fingerprint density at radius 3 is 2.94 bits per heavy atom. The molecule has 0 unspecified atom stereocenters. The lowest BCUT2D eigenvalue weighted by atomic mass is 10.2. The van der Waals surface area contributed by atoms with E-state index in [9.17, 15) is 9.90 Å². The second-order valence-electron chi connectivity index (χ2n) is 3.36. The molecule has 0 aromatic heterocycles. The van der Waals surface area contributed by atoms with Gasteiger partial charge in [-0.3, -0.25) is 4.84 Å². The van der Waals surface area contributed by atoms with Gasteiger partial charge in [-0.05, 0) is 12.5 Å². The topological polar surface area (TPSA) is 83.4 Å². The van der Waals surface area contributed by atoms with E-state index in [2.05, 4.69) is 22.6 Å². The van der Waals surface area contributed by atoms with Gasteiger partial charge in [-0.15, -0.1) is 0 Å². The molecule has 0 saturated heterocycles. The second kappa shape index (κ2) is 11.9. The molecule has 0 aliphatic rings. The zero-order valence-electron chi connectivity index (χ0n) is 10.6. The minimum absolute atomic E-state index is 0.0985. The third-order valence-electron chi connectivity index (χ3n) is 1.90. The van der Waals surface area contributed by atoms with Gasteiger partial charge in [-0.1, -0.05) is 37.0 Å². The smallest absolute Gasteiger partial charge is 0.389 e. The fraction of sp³-hybridized carbons (Fsp3) is 0.462. The molecule has 0 radical (unpaired) electrons. The summed E-state index contributed by atoms with van der Waals surface area (Å²) in [6, 6.07) is 0. The SMILES string of the molecule is CC[C@@H](O)/C=C/C=C/C#CCCOCC(=O)O[NH3+]. The number of carbonyl (C=O) groups excluding carboxylic acids is 1. The van der Waals surface area contributed by atoms with Crippen LogP contribution in [0.3, 0.4) is 0 Å². The van der Waals surface area contributed by atoms with Crippen molar-refractivity contribution in [3.63, 3.8) is 0 Å². The summed E-state index contributed by atoms with van der Waals surface area (Å²) >= 11 is 0. The van der Waals surface area contributed by atoms with Crippen molar-refractivity contribution in [3.05, 3.63) is 24.3 Å². The Bertz CT molecular complexity index is 339. The summed E-state index contributed by atoms with van der Waals surface area (Å²) in [5.41, 5.74) is 0. The number of aliphatic hydroxyl groups is 1. The summed E-state index contributed by atoms with van der Waals surface area (Å²) < 4.78 is 4.97. The Labute approximate surface area is 107 Å². The van der Waals surface area contributed by atoms with Crippen molar-refractivity contribution in [3.8, 4) is 11.8 Å². The Morgan fingerprint density at radius 2 is 2.28 bits per heavy atom. The molecule has 5 heteroatoms. The lowest BCUT2D eigenvalue weighted by Crippen LogP contribution is -2.52. The molecule has 0 amide bonds.